The fourth-order valence-electron chi connectivity index (χ4n) is 3.67. The number of methoxy groups -OCH3 is 1. The second kappa shape index (κ2) is 7.53. The summed E-state index contributed by atoms with van der Waals surface area (Å²) in [5.41, 5.74) is 1.84. The predicted molar refractivity (Wildman–Crippen MR) is 103 cm³/mol. The van der Waals surface area contributed by atoms with Crippen LogP contribution in [0.4, 0.5) is 13.8 Å². The Balaban J connectivity index is 1.87. The zero-order chi connectivity index (χ0) is 19.0. The van der Waals surface area contributed by atoms with Crippen molar-refractivity contribution in [3.63, 3.8) is 0 Å². The molecular formula is C19H22F2N4OS. The number of thiophene rings is 1. The molecule has 1 atom stereocenters. The summed E-state index contributed by atoms with van der Waals surface area (Å²) in [7, 11) is 1.69. The van der Waals surface area contributed by atoms with E-state index < -0.39 is 11.6 Å². The van der Waals surface area contributed by atoms with Gasteiger partial charge in [-0.15, -0.1) is 11.3 Å². The molecule has 27 heavy (non-hydrogen) atoms. The third-order valence-corrected chi connectivity index (χ3v) is 5.91. The summed E-state index contributed by atoms with van der Waals surface area (Å²) in [5.74, 6) is -1.81. The third kappa shape index (κ3) is 3.44. The first-order valence-electron chi connectivity index (χ1n) is 8.97. The fourth-order valence-corrected chi connectivity index (χ4v) is 4.55. The van der Waals surface area contributed by atoms with Gasteiger partial charge in [-0.05, 0) is 19.4 Å². The Morgan fingerprint density at radius 2 is 2.26 bits per heavy atom. The molecule has 4 heterocycles. The van der Waals surface area contributed by atoms with E-state index in [9.17, 15) is 8.78 Å². The van der Waals surface area contributed by atoms with E-state index in [0.29, 0.717) is 12.0 Å². The smallest absolute Gasteiger partial charge is 0.177 e. The van der Waals surface area contributed by atoms with Gasteiger partial charge < -0.3 is 20.3 Å². The first-order chi connectivity index (χ1) is 13.1. The maximum Gasteiger partial charge on any atom is 0.177 e. The quantitative estimate of drug-likeness (QED) is 0.823. The number of rotatable bonds is 4. The third-order valence-electron chi connectivity index (χ3n) is 4.93. The van der Waals surface area contributed by atoms with Crippen LogP contribution in [0.5, 0.6) is 0 Å². The molecule has 2 N–H and O–H groups in total. The number of halogens is 2. The molecule has 0 aliphatic carbocycles. The number of anilines is 1. The van der Waals surface area contributed by atoms with Crippen molar-refractivity contribution in [3.8, 4) is 0 Å². The average molecular weight is 392 g/mol. The minimum Gasteiger partial charge on any atom is -0.385 e. The van der Waals surface area contributed by atoms with Gasteiger partial charge in [-0.1, -0.05) is 0 Å². The van der Waals surface area contributed by atoms with Crippen molar-refractivity contribution >= 4 is 28.2 Å². The van der Waals surface area contributed by atoms with Crippen LogP contribution in [0.3, 0.4) is 0 Å². The Labute approximate surface area is 160 Å². The molecule has 4 rings (SSSR count). The number of fused-ring (bicyclic) bond motifs is 2. The summed E-state index contributed by atoms with van der Waals surface area (Å²) in [6.07, 6.45) is 3.38. The highest BCUT2D eigenvalue weighted by atomic mass is 32.1. The van der Waals surface area contributed by atoms with Gasteiger partial charge in [0.05, 0.1) is 22.5 Å². The number of hydrogen-bond acceptors (Lipinski definition) is 6. The van der Waals surface area contributed by atoms with E-state index in [1.165, 1.54) is 6.20 Å². The minimum absolute atomic E-state index is 0.165. The summed E-state index contributed by atoms with van der Waals surface area (Å²) < 4.78 is 33.5. The van der Waals surface area contributed by atoms with Crippen LogP contribution in [0.1, 0.15) is 16.9 Å². The standard InChI is InChI=1S/C19H22F2N4OS/c1-11-7-13-18(25-5-4-22-12(10-25)3-6-26-2)17-14(8-24-19(13)27-11)16(21)15(20)9-23-17/h7-9,12,22,24H,3-6,10H2,1-2H3. The van der Waals surface area contributed by atoms with E-state index in [0.717, 1.165) is 53.4 Å². The molecule has 2 aromatic rings. The highest BCUT2D eigenvalue weighted by Gasteiger charge is 2.27. The van der Waals surface area contributed by atoms with Gasteiger partial charge >= 0.3 is 0 Å². The largest absolute Gasteiger partial charge is 0.385 e. The number of piperazine rings is 1. The van der Waals surface area contributed by atoms with E-state index in [1.54, 1.807) is 18.4 Å². The molecule has 2 aliphatic rings. The molecule has 1 fully saturated rings. The molecule has 0 amide bonds. The number of nitrogens with one attached hydrogen (secondary N) is 2. The van der Waals surface area contributed by atoms with E-state index in [4.69, 9.17) is 4.74 Å². The second-order valence-electron chi connectivity index (χ2n) is 6.80. The Bertz CT molecular complexity index is 975. The van der Waals surface area contributed by atoms with Gasteiger partial charge in [-0.3, -0.25) is 4.98 Å². The molecule has 0 bridgehead atoms. The van der Waals surface area contributed by atoms with Gasteiger partial charge in [0.2, 0.25) is 0 Å². The zero-order valence-corrected chi connectivity index (χ0v) is 16.1. The number of pyridine rings is 1. The average Bonchev–Trinajstić information content (AvgIpc) is 2.95. The van der Waals surface area contributed by atoms with Gasteiger partial charge in [0.25, 0.3) is 0 Å². The van der Waals surface area contributed by atoms with E-state index in [1.807, 2.05) is 6.92 Å². The normalized spacial score (nSPS) is 19.0. The molecule has 5 nitrogen and oxygen atoms in total. The van der Waals surface area contributed by atoms with Crippen molar-refractivity contribution in [2.75, 3.05) is 38.7 Å². The lowest BCUT2D eigenvalue weighted by atomic mass is 10.1. The fraction of sp³-hybridized carbons (Fsp3) is 0.421. The van der Waals surface area contributed by atoms with Crippen LogP contribution < -0.4 is 21.2 Å². The lowest BCUT2D eigenvalue weighted by molar-refractivity contribution is 0.166. The minimum atomic E-state index is -0.939. The summed E-state index contributed by atoms with van der Waals surface area (Å²) in [6.45, 7) is 5.05. The molecule has 1 saturated heterocycles. The summed E-state index contributed by atoms with van der Waals surface area (Å²) in [4.78, 5) is 7.66. The lowest BCUT2D eigenvalue weighted by Crippen LogP contribution is -2.52. The van der Waals surface area contributed by atoms with Gasteiger partial charge in [-0.2, -0.15) is 0 Å². The lowest BCUT2D eigenvalue weighted by Gasteiger charge is -2.36. The van der Waals surface area contributed by atoms with Gasteiger partial charge in [0, 0.05) is 56.0 Å². The Morgan fingerprint density at radius 3 is 3.07 bits per heavy atom. The van der Waals surface area contributed by atoms with Crippen molar-refractivity contribution in [2.45, 2.75) is 19.4 Å². The number of aryl methyl sites for hydroxylation is 1. The molecule has 1 unspecified atom stereocenters. The molecule has 0 aromatic carbocycles. The topological polar surface area (TPSA) is 49.4 Å². The first kappa shape index (κ1) is 18.3. The van der Waals surface area contributed by atoms with E-state index in [-0.39, 0.29) is 11.3 Å². The van der Waals surface area contributed by atoms with Crippen LogP contribution in [-0.2, 0) is 4.74 Å². The molecule has 2 aromatic heterocycles. The number of ether oxygens (including phenoxy) is 1. The van der Waals surface area contributed by atoms with Crippen LogP contribution in [0.25, 0.3) is 11.9 Å². The van der Waals surface area contributed by atoms with Gasteiger partial charge in [0.15, 0.2) is 11.6 Å². The number of nitrogens with zero attached hydrogens (tertiary/aromatic N) is 2. The summed E-state index contributed by atoms with van der Waals surface area (Å²) >= 11 is 1.60. The number of hydrogen-bond donors (Lipinski definition) is 2. The molecule has 8 heteroatoms. The Morgan fingerprint density at radius 1 is 1.41 bits per heavy atom. The van der Waals surface area contributed by atoms with Crippen molar-refractivity contribution in [1.29, 1.82) is 0 Å². The first-order valence-corrected chi connectivity index (χ1v) is 9.79. The highest BCUT2D eigenvalue weighted by molar-refractivity contribution is 7.16. The molecule has 144 valence electrons. The monoisotopic (exact) mass is 392 g/mol. The maximum atomic E-state index is 14.5. The Kier molecular flexibility index (Phi) is 5.12. The molecule has 0 spiro atoms. The van der Waals surface area contributed by atoms with Crippen molar-refractivity contribution in [2.24, 2.45) is 0 Å². The van der Waals surface area contributed by atoms with Crippen molar-refractivity contribution in [1.82, 2.24) is 15.2 Å². The van der Waals surface area contributed by atoms with Crippen LogP contribution in [0.15, 0.2) is 12.3 Å². The van der Waals surface area contributed by atoms with Crippen molar-refractivity contribution in [3.05, 3.63) is 44.9 Å². The zero-order valence-electron chi connectivity index (χ0n) is 15.3. The maximum absolute atomic E-state index is 14.5. The van der Waals surface area contributed by atoms with Crippen LogP contribution in [0, 0.1) is 18.6 Å². The van der Waals surface area contributed by atoms with Crippen molar-refractivity contribution < 1.29 is 13.5 Å². The van der Waals surface area contributed by atoms with E-state index in [2.05, 4.69) is 26.6 Å². The predicted octanol–water partition coefficient (Wildman–Crippen LogP) is 1.36. The summed E-state index contributed by atoms with van der Waals surface area (Å²) in [6, 6.07) is 2.35. The summed E-state index contributed by atoms with van der Waals surface area (Å²) in [5, 5.41) is 8.22. The van der Waals surface area contributed by atoms with Crippen LogP contribution in [-0.4, -0.2) is 49.3 Å². The highest BCUT2D eigenvalue weighted by Crippen LogP contribution is 2.34. The SMILES string of the molecule is COCCC1CN(C2=c3ncc(F)c(F)c3=CNc3sc(C)cc32)CCN1. The van der Waals surface area contributed by atoms with E-state index >= 15 is 0 Å². The molecule has 2 aliphatic heterocycles. The van der Waals surface area contributed by atoms with Gasteiger partial charge in [-0.25, -0.2) is 8.78 Å². The Hall–Kier alpha value is -2.03. The van der Waals surface area contributed by atoms with Gasteiger partial charge in [0.1, 0.15) is 5.00 Å². The second-order valence-corrected chi connectivity index (χ2v) is 8.05. The molecule has 0 radical (unpaired) electrons. The molecule has 0 saturated carbocycles. The number of aromatic nitrogens is 1. The van der Waals surface area contributed by atoms with Crippen LogP contribution >= 0.6 is 11.3 Å². The molecular weight excluding hydrogens is 370 g/mol. The van der Waals surface area contributed by atoms with Crippen LogP contribution in [0.2, 0.25) is 0 Å².